The lowest BCUT2D eigenvalue weighted by Crippen LogP contribution is -2.29. The molecule has 0 saturated heterocycles. The zero-order valence-electron chi connectivity index (χ0n) is 20.1. The third-order valence-electron chi connectivity index (χ3n) is 7.49. The topological polar surface area (TPSA) is 34.1 Å². The minimum absolute atomic E-state index is 0.248. The summed E-state index contributed by atoms with van der Waals surface area (Å²) in [6.45, 7) is 0. The van der Waals surface area contributed by atoms with Gasteiger partial charge in [0.2, 0.25) is 0 Å². The van der Waals surface area contributed by atoms with Crippen molar-refractivity contribution in [3.05, 3.63) is 113 Å². The van der Waals surface area contributed by atoms with Crippen LogP contribution in [0.3, 0.4) is 0 Å². The Morgan fingerprint density at radius 2 is 1.55 bits per heavy atom. The molecule has 0 spiro atoms. The fourth-order valence-corrected chi connectivity index (χ4v) is 7.69. The van der Waals surface area contributed by atoms with Gasteiger partial charge >= 0.3 is 6.18 Å². The second kappa shape index (κ2) is 9.14. The number of benzene rings is 5. The lowest BCUT2D eigenvalue weighted by Gasteiger charge is -2.27. The number of aryl methyl sites for hydroxylation is 1. The van der Waals surface area contributed by atoms with Gasteiger partial charge in [-0.05, 0) is 88.0 Å². The first-order valence-corrected chi connectivity index (χ1v) is 14.2. The van der Waals surface area contributed by atoms with Crippen molar-refractivity contribution in [2.45, 2.75) is 35.6 Å². The van der Waals surface area contributed by atoms with Crippen LogP contribution in [0.5, 0.6) is 0 Å². The molecule has 7 heteroatoms. The van der Waals surface area contributed by atoms with E-state index in [0.29, 0.717) is 17.9 Å². The summed E-state index contributed by atoms with van der Waals surface area (Å²) in [4.78, 5) is -0.284. The van der Waals surface area contributed by atoms with Gasteiger partial charge in [0.15, 0.2) is 9.84 Å². The maximum atomic E-state index is 13.4. The average molecular weight is 551 g/mol. The van der Waals surface area contributed by atoms with Gasteiger partial charge in [0.05, 0.1) is 15.7 Å². The Labute approximate surface area is 223 Å². The van der Waals surface area contributed by atoms with Crippen molar-refractivity contribution in [2.24, 2.45) is 0 Å². The Morgan fingerprint density at radius 3 is 2.32 bits per heavy atom. The van der Waals surface area contributed by atoms with Crippen LogP contribution in [0.25, 0.3) is 32.7 Å². The highest BCUT2D eigenvalue weighted by molar-refractivity contribution is 7.92. The molecule has 1 aliphatic rings. The predicted molar refractivity (Wildman–Crippen MR) is 146 cm³/mol. The summed E-state index contributed by atoms with van der Waals surface area (Å²) in [6, 6.07) is 26.0. The Hall–Kier alpha value is -3.35. The van der Waals surface area contributed by atoms with Gasteiger partial charge in [-0.15, -0.1) is 0 Å². The van der Waals surface area contributed by atoms with E-state index in [1.165, 1.54) is 6.07 Å². The van der Waals surface area contributed by atoms with Gasteiger partial charge in [0, 0.05) is 10.4 Å². The molecule has 0 heterocycles. The molecule has 0 N–H and O–H groups in total. The van der Waals surface area contributed by atoms with Crippen molar-refractivity contribution in [1.29, 1.82) is 0 Å². The van der Waals surface area contributed by atoms with Crippen LogP contribution in [0.15, 0.2) is 95.9 Å². The molecule has 0 aromatic heterocycles. The fraction of sp³-hybridized carbons (Fsp3) is 0.161. The first-order chi connectivity index (χ1) is 18.1. The molecule has 6 rings (SSSR count). The standard InChI is InChI=1S/C31H22ClF3O2S/c32-29-11-5-10-26-25-14-12-20-16-23(38(36,37)22-9-4-8-21(17-22)31(33,34)35)13-15-24(20)28(25)18-27(30(26)29)19-6-2-1-3-7-19/h1-12,14,17-18,23H,13,15-16H2. The fourth-order valence-electron chi connectivity index (χ4n) is 5.64. The molecule has 0 radical (unpaired) electrons. The highest BCUT2D eigenvalue weighted by Gasteiger charge is 2.35. The number of sulfone groups is 1. The zero-order chi connectivity index (χ0) is 26.7. The molecule has 38 heavy (non-hydrogen) atoms. The molecule has 1 aliphatic carbocycles. The number of hydrogen-bond donors (Lipinski definition) is 0. The van der Waals surface area contributed by atoms with Gasteiger partial charge in [0.1, 0.15) is 0 Å². The summed E-state index contributed by atoms with van der Waals surface area (Å²) in [5, 5.41) is 3.95. The zero-order valence-corrected chi connectivity index (χ0v) is 21.7. The number of fused-ring (bicyclic) bond motifs is 5. The second-order valence-electron chi connectivity index (χ2n) is 9.69. The number of hydrogen-bond acceptors (Lipinski definition) is 2. The quantitative estimate of drug-likeness (QED) is 0.211. The van der Waals surface area contributed by atoms with Crippen LogP contribution >= 0.6 is 11.6 Å². The molecule has 192 valence electrons. The van der Waals surface area contributed by atoms with E-state index in [1.54, 1.807) is 0 Å². The van der Waals surface area contributed by atoms with Crippen molar-refractivity contribution < 1.29 is 21.6 Å². The molecular formula is C31H22ClF3O2S. The van der Waals surface area contributed by atoms with E-state index in [4.69, 9.17) is 11.6 Å². The van der Waals surface area contributed by atoms with Crippen LogP contribution in [-0.2, 0) is 28.9 Å². The maximum absolute atomic E-state index is 13.4. The smallest absolute Gasteiger partial charge is 0.223 e. The van der Waals surface area contributed by atoms with Gasteiger partial charge in [-0.3, -0.25) is 0 Å². The van der Waals surface area contributed by atoms with Gasteiger partial charge in [-0.25, -0.2) is 8.42 Å². The van der Waals surface area contributed by atoms with Crippen LogP contribution in [-0.4, -0.2) is 13.7 Å². The van der Waals surface area contributed by atoms with E-state index in [1.807, 2.05) is 60.7 Å². The van der Waals surface area contributed by atoms with E-state index in [9.17, 15) is 21.6 Å². The third kappa shape index (κ3) is 4.16. The summed E-state index contributed by atoms with van der Waals surface area (Å²) in [6.07, 6.45) is -3.52. The van der Waals surface area contributed by atoms with E-state index in [2.05, 4.69) is 6.07 Å². The number of rotatable bonds is 3. The van der Waals surface area contributed by atoms with E-state index in [0.717, 1.165) is 62.0 Å². The molecule has 1 atom stereocenters. The van der Waals surface area contributed by atoms with Crippen LogP contribution in [0, 0.1) is 0 Å². The molecule has 5 aromatic carbocycles. The van der Waals surface area contributed by atoms with Gasteiger partial charge in [-0.2, -0.15) is 13.2 Å². The van der Waals surface area contributed by atoms with Crippen molar-refractivity contribution in [1.82, 2.24) is 0 Å². The maximum Gasteiger partial charge on any atom is 0.416 e. The second-order valence-corrected chi connectivity index (χ2v) is 12.3. The predicted octanol–water partition coefficient (Wildman–Crippen LogP) is 8.66. The van der Waals surface area contributed by atoms with Gasteiger partial charge in [0.25, 0.3) is 0 Å². The summed E-state index contributed by atoms with van der Waals surface area (Å²) in [7, 11) is -3.95. The lowest BCUT2D eigenvalue weighted by molar-refractivity contribution is -0.137. The normalized spacial score (nSPS) is 16.1. The average Bonchev–Trinajstić information content (AvgIpc) is 2.92. The number of halogens is 4. The van der Waals surface area contributed by atoms with Crippen LogP contribution < -0.4 is 0 Å². The monoisotopic (exact) mass is 550 g/mol. The first-order valence-electron chi connectivity index (χ1n) is 12.3. The summed E-state index contributed by atoms with van der Waals surface area (Å²) < 4.78 is 66.5. The highest BCUT2D eigenvalue weighted by atomic mass is 35.5. The molecule has 1 unspecified atom stereocenters. The van der Waals surface area contributed by atoms with Crippen LogP contribution in [0.4, 0.5) is 13.2 Å². The Morgan fingerprint density at radius 1 is 0.789 bits per heavy atom. The van der Waals surface area contributed by atoms with E-state index < -0.39 is 26.8 Å². The highest BCUT2D eigenvalue weighted by Crippen LogP contribution is 2.42. The van der Waals surface area contributed by atoms with Crippen molar-refractivity contribution in [2.75, 3.05) is 0 Å². The third-order valence-corrected chi connectivity index (χ3v) is 10.00. The van der Waals surface area contributed by atoms with Crippen LogP contribution in [0.2, 0.25) is 5.02 Å². The molecule has 0 saturated carbocycles. The van der Waals surface area contributed by atoms with Crippen molar-refractivity contribution >= 4 is 43.0 Å². The molecule has 0 amide bonds. The largest absolute Gasteiger partial charge is 0.416 e. The van der Waals surface area contributed by atoms with Gasteiger partial charge < -0.3 is 0 Å². The van der Waals surface area contributed by atoms with Crippen molar-refractivity contribution in [3.63, 3.8) is 0 Å². The van der Waals surface area contributed by atoms with E-state index in [-0.39, 0.29) is 11.3 Å². The molecule has 2 nitrogen and oxygen atoms in total. The molecule has 0 fully saturated rings. The Kier molecular flexibility index (Phi) is 6.00. The summed E-state index contributed by atoms with van der Waals surface area (Å²) >= 11 is 6.69. The minimum Gasteiger partial charge on any atom is -0.223 e. The van der Waals surface area contributed by atoms with Crippen LogP contribution in [0.1, 0.15) is 23.1 Å². The molecule has 0 aliphatic heterocycles. The summed E-state index contributed by atoms with van der Waals surface area (Å²) in [5.41, 5.74) is 3.07. The molecule has 0 bridgehead atoms. The molecule has 5 aromatic rings. The Balaban J connectivity index is 1.47. The first kappa shape index (κ1) is 25.0. The SMILES string of the molecule is O=S(=O)(c1cccc(C(F)(F)F)c1)C1CCc2c(ccc3c2cc(-c2ccccc2)c2c(Cl)cccc23)C1. The minimum atomic E-state index is -4.61. The lowest BCUT2D eigenvalue weighted by atomic mass is 9.84. The number of alkyl halides is 3. The molecular weight excluding hydrogens is 529 g/mol. The van der Waals surface area contributed by atoms with Gasteiger partial charge in [-0.1, -0.05) is 72.3 Å². The summed E-state index contributed by atoms with van der Waals surface area (Å²) in [5.74, 6) is 0. The van der Waals surface area contributed by atoms with Crippen molar-refractivity contribution in [3.8, 4) is 11.1 Å². The Bertz CT molecular complexity index is 1810. The van der Waals surface area contributed by atoms with E-state index >= 15 is 0 Å².